The van der Waals surface area contributed by atoms with Gasteiger partial charge in [-0.3, -0.25) is 4.79 Å². The molecule has 3 nitrogen and oxygen atoms in total. The minimum atomic E-state index is -0.309. The van der Waals surface area contributed by atoms with Crippen molar-refractivity contribution in [3.63, 3.8) is 0 Å². The van der Waals surface area contributed by atoms with Crippen molar-refractivity contribution >= 4 is 17.4 Å². The van der Waals surface area contributed by atoms with Gasteiger partial charge in [-0.15, -0.1) is 0 Å². The van der Waals surface area contributed by atoms with Gasteiger partial charge in [-0.05, 0) is 37.0 Å². The molecule has 1 aromatic carbocycles. The van der Waals surface area contributed by atoms with Crippen LogP contribution in [0, 0.1) is 6.92 Å². The van der Waals surface area contributed by atoms with Gasteiger partial charge in [0.2, 0.25) is 0 Å². The molecule has 1 saturated heterocycles. The number of ether oxygens (including phenoxy) is 1. The van der Waals surface area contributed by atoms with Gasteiger partial charge in [0, 0.05) is 18.0 Å². The second kappa shape index (κ2) is 5.83. The molecule has 1 aliphatic heterocycles. The van der Waals surface area contributed by atoms with Crippen LogP contribution in [0.4, 0.5) is 0 Å². The van der Waals surface area contributed by atoms with E-state index in [0.717, 1.165) is 24.0 Å². The van der Waals surface area contributed by atoms with Crippen molar-refractivity contribution in [1.82, 2.24) is 0 Å². The lowest BCUT2D eigenvalue weighted by Gasteiger charge is -2.12. The number of carbonyl (C=O) groups excluding carboxylic acids is 1. The van der Waals surface area contributed by atoms with E-state index in [1.54, 1.807) is 0 Å². The van der Waals surface area contributed by atoms with Crippen molar-refractivity contribution in [3.8, 4) is 0 Å². The predicted octanol–water partition coefficient (Wildman–Crippen LogP) is 2.27. The van der Waals surface area contributed by atoms with Crippen LogP contribution in [0.5, 0.6) is 0 Å². The molecule has 0 aromatic heterocycles. The van der Waals surface area contributed by atoms with Crippen LogP contribution in [0.15, 0.2) is 18.2 Å². The van der Waals surface area contributed by atoms with Gasteiger partial charge >= 0.3 is 0 Å². The number of Topliss-reactive ketones (excluding diaryl/α,β-unsaturated/α-hetero) is 1. The van der Waals surface area contributed by atoms with E-state index in [1.807, 2.05) is 25.1 Å². The zero-order valence-electron chi connectivity index (χ0n) is 10.5. The summed E-state index contributed by atoms with van der Waals surface area (Å²) < 4.78 is 5.59. The Morgan fingerprint density at radius 1 is 1.50 bits per heavy atom. The highest BCUT2D eigenvalue weighted by Gasteiger charge is 2.29. The summed E-state index contributed by atoms with van der Waals surface area (Å²) in [7, 11) is 0. The van der Waals surface area contributed by atoms with Gasteiger partial charge in [0.25, 0.3) is 0 Å². The van der Waals surface area contributed by atoms with Gasteiger partial charge in [-0.2, -0.15) is 0 Å². The molecule has 0 saturated carbocycles. The van der Waals surface area contributed by atoms with Crippen molar-refractivity contribution in [3.05, 3.63) is 34.3 Å². The zero-order valence-corrected chi connectivity index (χ0v) is 11.2. The highest BCUT2D eigenvalue weighted by molar-refractivity contribution is 6.31. The van der Waals surface area contributed by atoms with Gasteiger partial charge < -0.3 is 10.5 Å². The van der Waals surface area contributed by atoms with Crippen LogP contribution < -0.4 is 5.73 Å². The molecular weight excluding hydrogens is 250 g/mol. The molecular formula is C14H18ClNO2. The van der Waals surface area contributed by atoms with Crippen LogP contribution in [0.3, 0.4) is 0 Å². The molecule has 4 heteroatoms. The molecule has 0 amide bonds. The standard InChI is InChI=1S/C14H18ClNO2/c1-9-2-3-10(12(15)6-9)7-13(17)14-5-4-11(8-16)18-14/h2-3,6,11,14H,4-5,7-8,16H2,1H3. The van der Waals surface area contributed by atoms with Crippen molar-refractivity contribution < 1.29 is 9.53 Å². The number of hydrogen-bond donors (Lipinski definition) is 1. The lowest BCUT2D eigenvalue weighted by molar-refractivity contribution is -0.128. The maximum atomic E-state index is 12.1. The molecule has 98 valence electrons. The molecule has 1 aromatic rings. The molecule has 2 atom stereocenters. The first-order chi connectivity index (χ1) is 8.60. The lowest BCUT2D eigenvalue weighted by Crippen LogP contribution is -2.26. The van der Waals surface area contributed by atoms with Crippen molar-refractivity contribution in [2.24, 2.45) is 5.73 Å². The van der Waals surface area contributed by atoms with Gasteiger partial charge in [-0.25, -0.2) is 0 Å². The van der Waals surface area contributed by atoms with Gasteiger partial charge in [0.1, 0.15) is 6.10 Å². The van der Waals surface area contributed by atoms with E-state index in [9.17, 15) is 4.79 Å². The number of hydrogen-bond acceptors (Lipinski definition) is 3. The second-order valence-electron chi connectivity index (χ2n) is 4.80. The summed E-state index contributed by atoms with van der Waals surface area (Å²) in [4.78, 5) is 12.1. The molecule has 2 rings (SSSR count). The topological polar surface area (TPSA) is 52.3 Å². The average molecular weight is 268 g/mol. The summed E-state index contributed by atoms with van der Waals surface area (Å²) in [5, 5.41) is 0.650. The first kappa shape index (κ1) is 13.5. The quantitative estimate of drug-likeness (QED) is 0.910. The number of benzene rings is 1. The van der Waals surface area contributed by atoms with E-state index in [4.69, 9.17) is 22.1 Å². The van der Waals surface area contributed by atoms with E-state index in [-0.39, 0.29) is 18.0 Å². The van der Waals surface area contributed by atoms with Crippen LogP contribution in [-0.4, -0.2) is 24.5 Å². The zero-order chi connectivity index (χ0) is 13.1. The Morgan fingerprint density at radius 2 is 2.28 bits per heavy atom. The Morgan fingerprint density at radius 3 is 2.89 bits per heavy atom. The molecule has 0 bridgehead atoms. The van der Waals surface area contributed by atoms with E-state index >= 15 is 0 Å². The Labute approximate surface area is 112 Å². The third-order valence-corrected chi connectivity index (χ3v) is 3.65. The third-order valence-electron chi connectivity index (χ3n) is 3.30. The minimum absolute atomic E-state index is 0.0347. The number of ketones is 1. The molecule has 2 unspecified atom stereocenters. The van der Waals surface area contributed by atoms with Gasteiger partial charge in [-0.1, -0.05) is 23.7 Å². The summed E-state index contributed by atoms with van der Waals surface area (Å²) in [6.07, 6.45) is 1.70. The smallest absolute Gasteiger partial charge is 0.165 e. The Kier molecular flexibility index (Phi) is 4.38. The number of carbonyl (C=O) groups is 1. The highest BCUT2D eigenvalue weighted by atomic mass is 35.5. The number of nitrogens with two attached hydrogens (primary N) is 1. The van der Waals surface area contributed by atoms with Crippen molar-refractivity contribution in [2.45, 2.75) is 38.4 Å². The van der Waals surface area contributed by atoms with Gasteiger partial charge in [0.15, 0.2) is 5.78 Å². The molecule has 0 radical (unpaired) electrons. The summed E-state index contributed by atoms with van der Waals surface area (Å²) in [6.45, 7) is 2.46. The molecule has 1 heterocycles. The fourth-order valence-electron chi connectivity index (χ4n) is 2.21. The van der Waals surface area contributed by atoms with E-state index < -0.39 is 0 Å². The first-order valence-electron chi connectivity index (χ1n) is 6.23. The second-order valence-corrected chi connectivity index (χ2v) is 5.20. The van der Waals surface area contributed by atoms with Crippen LogP contribution in [0.25, 0.3) is 0 Å². The Hall–Kier alpha value is -0.900. The van der Waals surface area contributed by atoms with Crippen LogP contribution in [-0.2, 0) is 16.0 Å². The maximum absolute atomic E-state index is 12.1. The number of halogens is 1. The van der Waals surface area contributed by atoms with E-state index in [0.29, 0.717) is 18.0 Å². The number of aryl methyl sites for hydroxylation is 1. The Balaban J connectivity index is 1.99. The van der Waals surface area contributed by atoms with Crippen LogP contribution in [0.1, 0.15) is 24.0 Å². The molecule has 1 fully saturated rings. The molecule has 18 heavy (non-hydrogen) atoms. The lowest BCUT2D eigenvalue weighted by atomic mass is 10.0. The van der Waals surface area contributed by atoms with Crippen LogP contribution >= 0.6 is 11.6 Å². The summed E-state index contributed by atoms with van der Waals surface area (Å²) in [5.41, 5.74) is 7.49. The van der Waals surface area contributed by atoms with E-state index in [1.165, 1.54) is 0 Å². The summed E-state index contributed by atoms with van der Waals surface area (Å²) >= 11 is 6.12. The average Bonchev–Trinajstić information content (AvgIpc) is 2.81. The Bertz CT molecular complexity index is 447. The first-order valence-corrected chi connectivity index (χ1v) is 6.61. The largest absolute Gasteiger partial charge is 0.366 e. The summed E-state index contributed by atoms with van der Waals surface area (Å²) in [5.74, 6) is 0.0942. The molecule has 1 aliphatic rings. The molecule has 2 N–H and O–H groups in total. The predicted molar refractivity (Wildman–Crippen MR) is 71.8 cm³/mol. The number of rotatable bonds is 4. The third kappa shape index (κ3) is 3.10. The monoisotopic (exact) mass is 267 g/mol. The molecule has 0 aliphatic carbocycles. The minimum Gasteiger partial charge on any atom is -0.366 e. The fraction of sp³-hybridized carbons (Fsp3) is 0.500. The van der Waals surface area contributed by atoms with Crippen molar-refractivity contribution in [2.75, 3.05) is 6.54 Å². The SMILES string of the molecule is Cc1ccc(CC(=O)C2CCC(CN)O2)c(Cl)c1. The molecule has 0 spiro atoms. The van der Waals surface area contributed by atoms with Crippen LogP contribution in [0.2, 0.25) is 5.02 Å². The van der Waals surface area contributed by atoms with Gasteiger partial charge in [0.05, 0.1) is 6.10 Å². The van der Waals surface area contributed by atoms with E-state index in [2.05, 4.69) is 0 Å². The maximum Gasteiger partial charge on any atom is 0.165 e. The highest BCUT2D eigenvalue weighted by Crippen LogP contribution is 2.23. The normalized spacial score (nSPS) is 23.3. The summed E-state index contributed by atoms with van der Waals surface area (Å²) in [6, 6.07) is 5.75. The fourth-order valence-corrected chi connectivity index (χ4v) is 2.52. The van der Waals surface area contributed by atoms with Crippen molar-refractivity contribution in [1.29, 1.82) is 0 Å².